The molecule has 1 saturated heterocycles. The number of nitrogens with zero attached hydrogens (tertiary/aromatic N) is 1. The summed E-state index contributed by atoms with van der Waals surface area (Å²) in [5.41, 5.74) is 0.778. The molecular formula is C15H19BrINO. The van der Waals surface area contributed by atoms with Gasteiger partial charge in [-0.3, -0.25) is 4.79 Å². The molecule has 0 bridgehead atoms. The summed E-state index contributed by atoms with van der Waals surface area (Å²) in [5, 5.41) is 0. The molecule has 1 amide bonds. The number of amides is 1. The predicted molar refractivity (Wildman–Crippen MR) is 90.3 cm³/mol. The molecule has 2 rings (SSSR count). The maximum atomic E-state index is 12.8. The number of hydrogen-bond acceptors (Lipinski definition) is 1. The number of carbonyl (C=O) groups excluding carboxylic acids is 1. The van der Waals surface area contributed by atoms with Crippen molar-refractivity contribution in [2.24, 2.45) is 11.8 Å². The van der Waals surface area contributed by atoms with Crippen LogP contribution in [0.3, 0.4) is 0 Å². The van der Waals surface area contributed by atoms with Crippen molar-refractivity contribution in [3.8, 4) is 0 Å². The van der Waals surface area contributed by atoms with E-state index in [4.69, 9.17) is 0 Å². The van der Waals surface area contributed by atoms with Gasteiger partial charge in [-0.05, 0) is 81.9 Å². The molecular weight excluding hydrogens is 417 g/mol. The monoisotopic (exact) mass is 435 g/mol. The molecule has 1 fully saturated rings. The molecule has 0 aliphatic carbocycles. The van der Waals surface area contributed by atoms with Gasteiger partial charge >= 0.3 is 0 Å². The maximum absolute atomic E-state index is 12.8. The Hall–Kier alpha value is -0.100. The van der Waals surface area contributed by atoms with Gasteiger partial charge in [0.15, 0.2) is 0 Å². The second-order valence-corrected chi connectivity index (χ2v) is 7.74. The van der Waals surface area contributed by atoms with Crippen LogP contribution in [0.15, 0.2) is 22.7 Å². The first kappa shape index (κ1) is 15.3. The highest BCUT2D eigenvalue weighted by molar-refractivity contribution is 14.1. The third kappa shape index (κ3) is 3.32. The quantitative estimate of drug-likeness (QED) is 0.592. The molecule has 19 heavy (non-hydrogen) atoms. The Labute approximate surface area is 137 Å². The average molecular weight is 436 g/mol. The van der Waals surface area contributed by atoms with Crippen LogP contribution in [0.1, 0.15) is 37.6 Å². The van der Waals surface area contributed by atoms with Crippen LogP contribution in [0.4, 0.5) is 0 Å². The van der Waals surface area contributed by atoms with Gasteiger partial charge in [0.05, 0.1) is 5.56 Å². The van der Waals surface area contributed by atoms with Crippen molar-refractivity contribution in [1.82, 2.24) is 4.90 Å². The Morgan fingerprint density at radius 1 is 1.37 bits per heavy atom. The smallest absolute Gasteiger partial charge is 0.255 e. The van der Waals surface area contributed by atoms with E-state index in [1.54, 1.807) is 0 Å². The van der Waals surface area contributed by atoms with Gasteiger partial charge in [-0.2, -0.15) is 0 Å². The van der Waals surface area contributed by atoms with Crippen LogP contribution in [0.2, 0.25) is 0 Å². The predicted octanol–water partition coefficient (Wildman–Crippen LogP) is 4.56. The fraction of sp³-hybridized carbons (Fsp3) is 0.533. The Morgan fingerprint density at radius 2 is 2.05 bits per heavy atom. The lowest BCUT2D eigenvalue weighted by Gasteiger charge is -2.41. The number of halogens is 2. The van der Waals surface area contributed by atoms with E-state index in [0.29, 0.717) is 17.9 Å². The number of benzene rings is 1. The van der Waals surface area contributed by atoms with E-state index in [1.165, 1.54) is 6.42 Å². The third-order valence-electron chi connectivity index (χ3n) is 4.02. The van der Waals surface area contributed by atoms with Crippen LogP contribution >= 0.6 is 38.5 Å². The molecule has 1 aliphatic rings. The van der Waals surface area contributed by atoms with Crippen LogP contribution < -0.4 is 0 Å². The van der Waals surface area contributed by atoms with Gasteiger partial charge in [-0.25, -0.2) is 0 Å². The second-order valence-electron chi connectivity index (χ2n) is 5.64. The highest BCUT2D eigenvalue weighted by Gasteiger charge is 2.32. The molecule has 1 aliphatic heterocycles. The molecule has 0 aromatic heterocycles. The lowest BCUT2D eigenvalue weighted by atomic mass is 9.85. The molecule has 4 heteroatoms. The standard InChI is InChI=1S/C15H19BrINO/c1-9-6-10(2)11(3)18(8-9)15(19)13-7-12(17)4-5-14(13)16/h4-5,7,9-11H,6,8H2,1-3H3. The number of likely N-dealkylation sites (tertiary alicyclic amines) is 1. The second kappa shape index (κ2) is 6.12. The normalized spacial score (nSPS) is 27.4. The van der Waals surface area contributed by atoms with E-state index in [0.717, 1.165) is 20.2 Å². The lowest BCUT2D eigenvalue weighted by Crippen LogP contribution is -2.48. The Morgan fingerprint density at radius 3 is 2.74 bits per heavy atom. The molecule has 104 valence electrons. The molecule has 2 nitrogen and oxygen atoms in total. The van der Waals surface area contributed by atoms with Crippen LogP contribution in [-0.2, 0) is 0 Å². The van der Waals surface area contributed by atoms with Gasteiger partial charge in [-0.1, -0.05) is 13.8 Å². The van der Waals surface area contributed by atoms with Gasteiger partial charge in [-0.15, -0.1) is 0 Å². The van der Waals surface area contributed by atoms with Gasteiger partial charge < -0.3 is 4.90 Å². The summed E-state index contributed by atoms with van der Waals surface area (Å²) in [6.45, 7) is 7.50. The fourth-order valence-electron chi connectivity index (χ4n) is 2.80. The summed E-state index contributed by atoms with van der Waals surface area (Å²) >= 11 is 5.75. The summed E-state index contributed by atoms with van der Waals surface area (Å²) < 4.78 is 1.98. The molecule has 0 radical (unpaired) electrons. The third-order valence-corrected chi connectivity index (χ3v) is 5.38. The largest absolute Gasteiger partial charge is 0.335 e. The van der Waals surface area contributed by atoms with Crippen molar-refractivity contribution in [2.75, 3.05) is 6.54 Å². The fourth-order valence-corrected chi connectivity index (χ4v) is 3.71. The van der Waals surface area contributed by atoms with Gasteiger partial charge in [0.2, 0.25) is 0 Å². The molecule has 0 spiro atoms. The Kier molecular flexibility index (Phi) is 4.93. The molecule has 3 atom stereocenters. The Balaban J connectivity index is 2.30. The maximum Gasteiger partial charge on any atom is 0.255 e. The first-order chi connectivity index (χ1) is 8.90. The highest BCUT2D eigenvalue weighted by Crippen LogP contribution is 2.30. The summed E-state index contributed by atoms with van der Waals surface area (Å²) in [7, 11) is 0. The van der Waals surface area contributed by atoms with E-state index in [9.17, 15) is 4.79 Å². The minimum absolute atomic E-state index is 0.149. The zero-order chi connectivity index (χ0) is 14.2. The van der Waals surface area contributed by atoms with E-state index in [-0.39, 0.29) is 5.91 Å². The van der Waals surface area contributed by atoms with Crippen LogP contribution in [0.5, 0.6) is 0 Å². The summed E-state index contributed by atoms with van der Waals surface area (Å²) in [4.78, 5) is 14.8. The van der Waals surface area contributed by atoms with Crippen LogP contribution in [0, 0.1) is 15.4 Å². The average Bonchev–Trinajstić information content (AvgIpc) is 2.36. The van der Waals surface area contributed by atoms with Crippen molar-refractivity contribution < 1.29 is 4.79 Å². The van der Waals surface area contributed by atoms with E-state index >= 15 is 0 Å². The first-order valence-corrected chi connectivity index (χ1v) is 8.53. The zero-order valence-corrected chi connectivity index (χ0v) is 15.2. The summed E-state index contributed by atoms with van der Waals surface area (Å²) in [6, 6.07) is 6.24. The molecule has 3 unspecified atom stereocenters. The minimum Gasteiger partial charge on any atom is -0.335 e. The molecule has 0 saturated carbocycles. The van der Waals surface area contributed by atoms with Gasteiger partial charge in [0.1, 0.15) is 0 Å². The number of hydrogen-bond donors (Lipinski definition) is 0. The van der Waals surface area contributed by atoms with Crippen molar-refractivity contribution in [2.45, 2.75) is 33.2 Å². The zero-order valence-electron chi connectivity index (χ0n) is 11.5. The molecule has 1 heterocycles. The molecule has 0 N–H and O–H groups in total. The van der Waals surface area contributed by atoms with Gasteiger partial charge in [0, 0.05) is 20.6 Å². The van der Waals surface area contributed by atoms with Crippen molar-refractivity contribution in [1.29, 1.82) is 0 Å². The van der Waals surface area contributed by atoms with E-state index < -0.39 is 0 Å². The number of carbonyl (C=O) groups is 1. The van der Waals surface area contributed by atoms with Crippen molar-refractivity contribution >= 4 is 44.4 Å². The topological polar surface area (TPSA) is 20.3 Å². The first-order valence-electron chi connectivity index (χ1n) is 6.66. The Bertz CT molecular complexity index is 491. The summed E-state index contributed by atoms with van der Waals surface area (Å²) in [6.07, 6.45) is 1.21. The van der Waals surface area contributed by atoms with E-state index in [1.807, 2.05) is 23.1 Å². The van der Waals surface area contributed by atoms with Crippen molar-refractivity contribution in [3.63, 3.8) is 0 Å². The summed E-state index contributed by atoms with van der Waals surface area (Å²) in [5.74, 6) is 1.29. The number of rotatable bonds is 1. The SMILES string of the molecule is CC1CC(C)C(C)N(C(=O)c2cc(I)ccc2Br)C1. The molecule has 1 aromatic rings. The van der Waals surface area contributed by atoms with Crippen molar-refractivity contribution in [3.05, 3.63) is 31.8 Å². The number of piperidine rings is 1. The molecule has 1 aromatic carbocycles. The van der Waals surface area contributed by atoms with Gasteiger partial charge in [0.25, 0.3) is 5.91 Å². The highest BCUT2D eigenvalue weighted by atomic mass is 127. The lowest BCUT2D eigenvalue weighted by molar-refractivity contribution is 0.0454. The minimum atomic E-state index is 0.149. The van der Waals surface area contributed by atoms with E-state index in [2.05, 4.69) is 59.3 Å². The van der Waals surface area contributed by atoms with Crippen LogP contribution in [-0.4, -0.2) is 23.4 Å². The van der Waals surface area contributed by atoms with Crippen LogP contribution in [0.25, 0.3) is 0 Å².